The molecule has 5 rings (SSSR count). The van der Waals surface area contributed by atoms with Crippen LogP contribution < -0.4 is 0 Å². The molecule has 0 bridgehead atoms. The first-order valence-corrected chi connectivity index (χ1v) is 11.4. The van der Waals surface area contributed by atoms with Crippen molar-refractivity contribution < 1.29 is 14.3 Å². The van der Waals surface area contributed by atoms with E-state index in [2.05, 4.69) is 24.8 Å². The Labute approximate surface area is 169 Å². The van der Waals surface area contributed by atoms with Crippen LogP contribution in [0.5, 0.6) is 0 Å². The number of ether oxygens (including phenoxy) is 1. The van der Waals surface area contributed by atoms with Crippen LogP contribution >= 0.6 is 0 Å². The lowest BCUT2D eigenvalue weighted by Crippen LogP contribution is -2.50. The Hall–Kier alpha value is -1.16. The molecule has 0 spiro atoms. The average molecular weight is 386 g/mol. The fourth-order valence-electron chi connectivity index (χ4n) is 7.63. The zero-order chi connectivity index (χ0) is 19.7. The second kappa shape index (κ2) is 6.42. The molecule has 4 fully saturated rings. The maximum atomic E-state index is 13.3. The Morgan fingerprint density at radius 2 is 1.93 bits per heavy atom. The van der Waals surface area contributed by atoms with Gasteiger partial charge in [-0.2, -0.15) is 0 Å². The summed E-state index contributed by atoms with van der Waals surface area (Å²) in [6, 6.07) is 0. The minimum Gasteiger partial charge on any atom is -0.462 e. The summed E-state index contributed by atoms with van der Waals surface area (Å²) in [5.74, 6) is 2.59. The summed E-state index contributed by atoms with van der Waals surface area (Å²) >= 11 is 0. The van der Waals surface area contributed by atoms with Crippen molar-refractivity contribution in [3.05, 3.63) is 11.6 Å². The zero-order valence-corrected chi connectivity index (χ0v) is 17.7. The number of carbonyl (C=O) groups is 2. The lowest BCUT2D eigenvalue weighted by molar-refractivity contribution is -0.148. The molecular formula is C24H35NO3. The van der Waals surface area contributed by atoms with Crippen molar-refractivity contribution in [2.24, 2.45) is 34.5 Å². The third-order valence-corrected chi connectivity index (χ3v) is 9.27. The molecule has 7 atom stereocenters. The molecule has 1 heterocycles. The number of fused-ring (bicyclic) bond motifs is 5. The van der Waals surface area contributed by atoms with Gasteiger partial charge in [-0.1, -0.05) is 25.5 Å². The number of hydrogen-bond donors (Lipinski definition) is 0. The Balaban J connectivity index is 1.38. The van der Waals surface area contributed by atoms with Crippen LogP contribution in [0, 0.1) is 34.5 Å². The van der Waals surface area contributed by atoms with Crippen LogP contribution in [0.4, 0.5) is 0 Å². The summed E-state index contributed by atoms with van der Waals surface area (Å²) in [7, 11) is 0. The highest BCUT2D eigenvalue weighted by atomic mass is 16.5. The van der Waals surface area contributed by atoms with Gasteiger partial charge in [0, 0.05) is 44.3 Å². The summed E-state index contributed by atoms with van der Waals surface area (Å²) in [6.45, 7) is 9.65. The Morgan fingerprint density at radius 3 is 2.64 bits per heavy atom. The zero-order valence-electron chi connectivity index (χ0n) is 17.7. The van der Waals surface area contributed by atoms with E-state index in [9.17, 15) is 9.59 Å². The summed E-state index contributed by atoms with van der Waals surface area (Å²) in [5.41, 5.74) is 1.68. The number of Topliss-reactive ketones (excluding diaryl/α,β-unsaturated/α-hetero) is 1. The van der Waals surface area contributed by atoms with Gasteiger partial charge in [-0.15, -0.1) is 0 Å². The number of hydrogen-bond acceptors (Lipinski definition) is 4. The van der Waals surface area contributed by atoms with Gasteiger partial charge in [-0.3, -0.25) is 9.59 Å². The second-order valence-electron chi connectivity index (χ2n) is 10.8. The van der Waals surface area contributed by atoms with Crippen molar-refractivity contribution >= 4 is 11.8 Å². The van der Waals surface area contributed by atoms with E-state index in [-0.39, 0.29) is 28.8 Å². The Morgan fingerprint density at radius 1 is 1.18 bits per heavy atom. The molecule has 0 aromatic carbocycles. The van der Waals surface area contributed by atoms with Gasteiger partial charge in [-0.05, 0) is 61.7 Å². The maximum absolute atomic E-state index is 13.3. The number of carbonyl (C=O) groups excluding carboxylic acids is 2. The summed E-state index contributed by atoms with van der Waals surface area (Å²) in [6.07, 6.45) is 10.0. The minimum atomic E-state index is -0.154. The SMILES string of the molecule is CC(=O)O[C@H]1CC[C@@]2(C)C(=CC[C@@H]3[C@@H]2CC[C@]2(C)C(=O)[C@@H](CN4CC4)C[C@@H]32)C1. The molecule has 1 aliphatic heterocycles. The average Bonchev–Trinajstić information content (AvgIpc) is 3.42. The molecule has 5 aliphatic rings. The van der Waals surface area contributed by atoms with Crippen LogP contribution in [0.2, 0.25) is 0 Å². The molecule has 4 aliphatic carbocycles. The second-order valence-corrected chi connectivity index (χ2v) is 10.8. The van der Waals surface area contributed by atoms with E-state index in [0.29, 0.717) is 23.5 Å². The fraction of sp³-hybridized carbons (Fsp3) is 0.833. The van der Waals surface area contributed by atoms with Crippen LogP contribution in [0.1, 0.15) is 65.7 Å². The van der Waals surface area contributed by atoms with E-state index >= 15 is 0 Å². The first kappa shape index (κ1) is 18.8. The molecule has 4 nitrogen and oxygen atoms in total. The van der Waals surface area contributed by atoms with Crippen molar-refractivity contribution in [2.75, 3.05) is 19.6 Å². The van der Waals surface area contributed by atoms with Crippen LogP contribution in [-0.2, 0) is 14.3 Å². The minimum absolute atomic E-state index is 0.0623. The lowest BCUT2D eigenvalue weighted by atomic mass is 9.48. The van der Waals surface area contributed by atoms with Crippen LogP contribution in [-0.4, -0.2) is 42.4 Å². The van der Waals surface area contributed by atoms with Crippen LogP contribution in [0.25, 0.3) is 0 Å². The molecule has 0 unspecified atom stereocenters. The smallest absolute Gasteiger partial charge is 0.302 e. The predicted molar refractivity (Wildman–Crippen MR) is 108 cm³/mol. The fourth-order valence-corrected chi connectivity index (χ4v) is 7.63. The highest BCUT2D eigenvalue weighted by molar-refractivity contribution is 5.89. The maximum Gasteiger partial charge on any atom is 0.302 e. The molecule has 0 aromatic rings. The van der Waals surface area contributed by atoms with Gasteiger partial charge < -0.3 is 9.64 Å². The molecule has 0 N–H and O–H groups in total. The quantitative estimate of drug-likeness (QED) is 0.419. The normalized spacial score (nSPS) is 47.6. The highest BCUT2D eigenvalue weighted by Crippen LogP contribution is 2.64. The van der Waals surface area contributed by atoms with Gasteiger partial charge >= 0.3 is 5.97 Å². The van der Waals surface area contributed by atoms with Gasteiger partial charge in [0.15, 0.2) is 0 Å². The van der Waals surface area contributed by atoms with Crippen molar-refractivity contribution in [2.45, 2.75) is 71.8 Å². The molecule has 4 heteroatoms. The molecule has 0 amide bonds. The first-order valence-electron chi connectivity index (χ1n) is 11.4. The molecule has 0 radical (unpaired) electrons. The van der Waals surface area contributed by atoms with Crippen molar-refractivity contribution in [1.29, 1.82) is 0 Å². The predicted octanol–water partition coefficient (Wildman–Crippen LogP) is 3.99. The van der Waals surface area contributed by atoms with Gasteiger partial charge in [-0.25, -0.2) is 0 Å². The number of nitrogens with zero attached hydrogens (tertiary/aromatic N) is 1. The third-order valence-electron chi connectivity index (χ3n) is 9.27. The van der Waals surface area contributed by atoms with Gasteiger partial charge in [0.1, 0.15) is 11.9 Å². The van der Waals surface area contributed by atoms with Crippen LogP contribution in [0.3, 0.4) is 0 Å². The van der Waals surface area contributed by atoms with E-state index in [0.717, 1.165) is 45.1 Å². The summed E-state index contributed by atoms with van der Waals surface area (Å²) in [5, 5.41) is 0. The number of allylic oxidation sites excluding steroid dienone is 1. The number of ketones is 1. The Kier molecular flexibility index (Phi) is 4.32. The molecular weight excluding hydrogens is 350 g/mol. The monoisotopic (exact) mass is 385 g/mol. The standard InChI is InChI=1S/C24H35NO3/c1-15(26)28-18-6-8-23(2)17(13-18)4-5-19-20(23)7-9-24(3)21(19)12-16(22(24)27)14-25-10-11-25/h4,16,18-21H,5-14H2,1-3H3/t16-,18+,19-,20+,21+,23+,24+/m1/s1. The van der Waals surface area contributed by atoms with E-state index in [1.54, 1.807) is 0 Å². The van der Waals surface area contributed by atoms with E-state index in [1.807, 2.05) is 0 Å². The molecule has 0 aromatic heterocycles. The molecule has 28 heavy (non-hydrogen) atoms. The molecule has 1 saturated heterocycles. The van der Waals surface area contributed by atoms with Crippen molar-refractivity contribution in [3.63, 3.8) is 0 Å². The summed E-state index contributed by atoms with van der Waals surface area (Å²) in [4.78, 5) is 27.2. The number of rotatable bonds is 3. The first-order chi connectivity index (χ1) is 13.3. The Bertz CT molecular complexity index is 725. The third kappa shape index (κ3) is 2.81. The van der Waals surface area contributed by atoms with Gasteiger partial charge in [0.25, 0.3) is 0 Å². The van der Waals surface area contributed by atoms with E-state index in [1.165, 1.54) is 32.0 Å². The van der Waals surface area contributed by atoms with E-state index < -0.39 is 0 Å². The van der Waals surface area contributed by atoms with Crippen molar-refractivity contribution in [3.8, 4) is 0 Å². The topological polar surface area (TPSA) is 46.4 Å². The van der Waals surface area contributed by atoms with Gasteiger partial charge in [0.2, 0.25) is 0 Å². The highest BCUT2D eigenvalue weighted by Gasteiger charge is 2.61. The molecule has 154 valence electrons. The van der Waals surface area contributed by atoms with Gasteiger partial charge in [0.05, 0.1) is 0 Å². The molecule has 3 saturated carbocycles. The van der Waals surface area contributed by atoms with Crippen LogP contribution in [0.15, 0.2) is 11.6 Å². The van der Waals surface area contributed by atoms with Crippen molar-refractivity contribution in [1.82, 2.24) is 4.90 Å². The largest absolute Gasteiger partial charge is 0.462 e. The summed E-state index contributed by atoms with van der Waals surface area (Å²) < 4.78 is 5.55. The van der Waals surface area contributed by atoms with E-state index in [4.69, 9.17) is 4.74 Å². The lowest BCUT2D eigenvalue weighted by Gasteiger charge is -2.56. The number of esters is 1.